The molecule has 0 atom stereocenters. The van der Waals surface area contributed by atoms with E-state index in [4.69, 9.17) is 0 Å². The van der Waals surface area contributed by atoms with Gasteiger partial charge in [0.1, 0.15) is 0 Å². The summed E-state index contributed by atoms with van der Waals surface area (Å²) in [4.78, 5) is 0. The van der Waals surface area contributed by atoms with Crippen molar-refractivity contribution in [3.63, 3.8) is 0 Å². The average molecular weight is 935 g/mol. The van der Waals surface area contributed by atoms with Gasteiger partial charge in [-0.1, -0.05) is 261 Å². The third-order valence-electron chi connectivity index (χ3n) is 15.8. The second kappa shape index (κ2) is 17.0. The molecule has 74 heavy (non-hydrogen) atoms. The van der Waals surface area contributed by atoms with Crippen LogP contribution in [-0.2, 0) is 0 Å². The van der Waals surface area contributed by atoms with Gasteiger partial charge in [-0.2, -0.15) is 0 Å². The molecule has 0 aliphatic heterocycles. The highest BCUT2D eigenvalue weighted by atomic mass is 14.3. The first-order valence-electron chi connectivity index (χ1n) is 25.7. The number of rotatable bonds is 7. The van der Waals surface area contributed by atoms with Crippen LogP contribution in [0.1, 0.15) is 0 Å². The van der Waals surface area contributed by atoms with Crippen LogP contribution in [0.5, 0.6) is 0 Å². The largest absolute Gasteiger partial charge is 0.0622 e. The summed E-state index contributed by atoms with van der Waals surface area (Å²) < 4.78 is 0. The molecule has 0 fully saturated rings. The van der Waals surface area contributed by atoms with Crippen LogP contribution in [0.25, 0.3) is 153 Å². The Labute approximate surface area is 430 Å². The summed E-state index contributed by atoms with van der Waals surface area (Å²) in [5, 5.41) is 17.7. The van der Waals surface area contributed by atoms with Gasteiger partial charge in [0.05, 0.1) is 0 Å². The van der Waals surface area contributed by atoms with Crippen LogP contribution >= 0.6 is 0 Å². The Morgan fingerprint density at radius 2 is 0.514 bits per heavy atom. The van der Waals surface area contributed by atoms with Crippen LogP contribution in [0.3, 0.4) is 0 Å². The van der Waals surface area contributed by atoms with E-state index in [2.05, 4.69) is 279 Å². The standard InChI is InChI=1S/C74H46/c1-3-18-48(19-4-1)57-24-7-8-25-59(57)74-66-32-15-13-30-64(66)72(65-31-14-16-33-67(65)74)56-45-54(47-34-36-49(37-35-47)58-42-40-53-39-38-51-22-17-23-52-41-43-68(58)73(53)69(51)52)44-55(46-56)71-62-28-11-9-26-60(62)70(50-20-5-2-6-21-50)61-27-10-12-29-63(61)71/h1-46H. The Bertz CT molecular complexity index is 4550. The molecule has 0 saturated carbocycles. The Kier molecular flexibility index (Phi) is 9.68. The molecule has 0 amide bonds. The minimum Gasteiger partial charge on any atom is -0.0622 e. The van der Waals surface area contributed by atoms with Gasteiger partial charge in [-0.05, 0) is 171 Å². The van der Waals surface area contributed by atoms with Gasteiger partial charge in [0.25, 0.3) is 0 Å². The average Bonchev–Trinajstić information content (AvgIpc) is 3.47. The van der Waals surface area contributed by atoms with Crippen molar-refractivity contribution in [2.24, 2.45) is 0 Å². The summed E-state index contributed by atoms with van der Waals surface area (Å²) in [5.41, 5.74) is 17.1. The van der Waals surface area contributed by atoms with Gasteiger partial charge < -0.3 is 0 Å². The molecule has 0 unspecified atom stereocenters. The van der Waals surface area contributed by atoms with E-state index in [1.807, 2.05) is 0 Å². The van der Waals surface area contributed by atoms with E-state index in [1.54, 1.807) is 0 Å². The third-order valence-corrected chi connectivity index (χ3v) is 15.8. The fraction of sp³-hybridized carbons (Fsp3) is 0. The van der Waals surface area contributed by atoms with Crippen molar-refractivity contribution in [3.05, 3.63) is 279 Å². The van der Waals surface area contributed by atoms with E-state index in [1.165, 1.54) is 153 Å². The summed E-state index contributed by atoms with van der Waals surface area (Å²) >= 11 is 0. The second-order valence-electron chi connectivity index (χ2n) is 19.8. The van der Waals surface area contributed by atoms with E-state index < -0.39 is 0 Å². The van der Waals surface area contributed by atoms with E-state index in [0.29, 0.717) is 0 Å². The van der Waals surface area contributed by atoms with E-state index in [0.717, 1.165) is 0 Å². The quantitative estimate of drug-likeness (QED) is 0.110. The fourth-order valence-electron chi connectivity index (χ4n) is 12.6. The van der Waals surface area contributed by atoms with Crippen molar-refractivity contribution in [3.8, 4) is 77.9 Å². The molecule has 0 aliphatic rings. The Balaban J connectivity index is 0.995. The summed E-state index contributed by atoms with van der Waals surface area (Å²) in [5.74, 6) is 0. The number of hydrogen-bond acceptors (Lipinski definition) is 0. The molecule has 0 heteroatoms. The number of hydrogen-bond donors (Lipinski definition) is 0. The smallest absolute Gasteiger partial charge is 0.00201 e. The van der Waals surface area contributed by atoms with Crippen molar-refractivity contribution in [1.29, 1.82) is 0 Å². The van der Waals surface area contributed by atoms with Crippen LogP contribution in [-0.4, -0.2) is 0 Å². The van der Waals surface area contributed by atoms with Crippen molar-refractivity contribution in [2.45, 2.75) is 0 Å². The SMILES string of the molecule is c1ccc(-c2ccccc2-c2c3ccccc3c(-c3cc(-c4ccc(-c5ccc6ccc7cccc8ccc5c6c78)cc4)cc(-c4c5ccccc5c(-c5ccccc5)c5ccccc45)c3)c3ccccc23)cc1. The van der Waals surface area contributed by atoms with Gasteiger partial charge >= 0.3 is 0 Å². The van der Waals surface area contributed by atoms with Crippen molar-refractivity contribution in [1.82, 2.24) is 0 Å². The highest BCUT2D eigenvalue weighted by Crippen LogP contribution is 2.50. The molecule has 0 spiro atoms. The Hall–Kier alpha value is -9.62. The molecular formula is C74H46. The van der Waals surface area contributed by atoms with Crippen LogP contribution in [0, 0.1) is 0 Å². The molecule has 0 N–H and O–H groups in total. The molecule has 15 aromatic carbocycles. The molecule has 15 rings (SSSR count). The minimum absolute atomic E-state index is 1.17. The van der Waals surface area contributed by atoms with E-state index >= 15 is 0 Å². The topological polar surface area (TPSA) is 0 Å². The lowest BCUT2D eigenvalue weighted by Crippen LogP contribution is -1.94. The zero-order valence-electron chi connectivity index (χ0n) is 40.6. The Morgan fingerprint density at radius 1 is 0.149 bits per heavy atom. The molecule has 0 nitrogen and oxygen atoms in total. The van der Waals surface area contributed by atoms with Crippen LogP contribution in [0.4, 0.5) is 0 Å². The van der Waals surface area contributed by atoms with Gasteiger partial charge in [-0.25, -0.2) is 0 Å². The van der Waals surface area contributed by atoms with Gasteiger partial charge in [0, 0.05) is 0 Å². The normalized spacial score (nSPS) is 11.8. The molecule has 0 aliphatic carbocycles. The van der Waals surface area contributed by atoms with E-state index in [-0.39, 0.29) is 0 Å². The van der Waals surface area contributed by atoms with Gasteiger partial charge in [0.15, 0.2) is 0 Å². The molecule has 0 radical (unpaired) electrons. The maximum Gasteiger partial charge on any atom is -0.00201 e. The van der Waals surface area contributed by atoms with Crippen LogP contribution in [0.2, 0.25) is 0 Å². The van der Waals surface area contributed by atoms with E-state index in [9.17, 15) is 0 Å². The van der Waals surface area contributed by atoms with Crippen LogP contribution < -0.4 is 0 Å². The van der Waals surface area contributed by atoms with Crippen LogP contribution in [0.15, 0.2) is 279 Å². The first kappa shape index (κ1) is 42.1. The summed E-state index contributed by atoms with van der Waals surface area (Å²) in [6.07, 6.45) is 0. The zero-order chi connectivity index (χ0) is 48.7. The fourth-order valence-corrected chi connectivity index (χ4v) is 12.6. The highest BCUT2D eigenvalue weighted by molar-refractivity contribution is 6.27. The first-order chi connectivity index (χ1) is 36.7. The number of fused-ring (bicyclic) bond motifs is 4. The molecule has 0 bridgehead atoms. The molecule has 0 saturated heterocycles. The summed E-state index contributed by atoms with van der Waals surface area (Å²) in [6.45, 7) is 0. The van der Waals surface area contributed by atoms with Crippen molar-refractivity contribution in [2.75, 3.05) is 0 Å². The lowest BCUT2D eigenvalue weighted by molar-refractivity contribution is 1.59. The summed E-state index contributed by atoms with van der Waals surface area (Å²) in [7, 11) is 0. The monoisotopic (exact) mass is 934 g/mol. The molecule has 0 heterocycles. The maximum absolute atomic E-state index is 2.48. The molecule has 342 valence electrons. The molecule has 15 aromatic rings. The zero-order valence-corrected chi connectivity index (χ0v) is 40.6. The first-order valence-corrected chi connectivity index (χ1v) is 25.7. The maximum atomic E-state index is 2.48. The van der Waals surface area contributed by atoms with Gasteiger partial charge in [-0.15, -0.1) is 0 Å². The third kappa shape index (κ3) is 6.62. The highest BCUT2D eigenvalue weighted by Gasteiger charge is 2.23. The van der Waals surface area contributed by atoms with Crippen molar-refractivity contribution < 1.29 is 0 Å². The Morgan fingerprint density at radius 3 is 1.04 bits per heavy atom. The number of benzene rings is 15. The predicted molar refractivity (Wildman–Crippen MR) is 318 cm³/mol. The lowest BCUT2D eigenvalue weighted by Gasteiger charge is -2.22. The summed E-state index contributed by atoms with van der Waals surface area (Å²) in [6, 6.07) is 104. The van der Waals surface area contributed by atoms with Gasteiger partial charge in [-0.3, -0.25) is 0 Å². The molecular weight excluding hydrogens is 889 g/mol. The minimum atomic E-state index is 1.17. The second-order valence-corrected chi connectivity index (χ2v) is 19.8. The predicted octanol–water partition coefficient (Wildman–Crippen LogP) is 20.9. The van der Waals surface area contributed by atoms with Crippen molar-refractivity contribution >= 4 is 75.4 Å². The lowest BCUT2D eigenvalue weighted by atomic mass is 9.81. The van der Waals surface area contributed by atoms with Gasteiger partial charge in [0.2, 0.25) is 0 Å². The molecule has 0 aromatic heterocycles.